The van der Waals surface area contributed by atoms with Gasteiger partial charge in [0.05, 0.1) is 0 Å². The van der Waals surface area contributed by atoms with E-state index in [1.807, 2.05) is 12.2 Å². The van der Waals surface area contributed by atoms with Crippen LogP contribution in [0.5, 0.6) is 0 Å². The molecule has 1 rings (SSSR count). The summed E-state index contributed by atoms with van der Waals surface area (Å²) in [6, 6.07) is 0. The minimum absolute atomic E-state index is 0.201. The molecule has 1 radical (unpaired) electrons. The molecule has 0 aromatic carbocycles. The summed E-state index contributed by atoms with van der Waals surface area (Å²) in [6.07, 6.45) is 4.02. The fraction of sp³-hybridized carbons (Fsp3) is 0. The van der Waals surface area contributed by atoms with Crippen molar-refractivity contribution in [1.82, 2.24) is 0 Å². The van der Waals surface area contributed by atoms with Crippen molar-refractivity contribution in [3.63, 3.8) is 0 Å². The molecule has 0 aromatic rings. The second-order valence-electron chi connectivity index (χ2n) is 1.22. The van der Waals surface area contributed by atoms with Gasteiger partial charge in [-0.1, -0.05) is 0 Å². The van der Waals surface area contributed by atoms with Gasteiger partial charge in [0.1, 0.15) is 0 Å². The van der Waals surface area contributed by atoms with Gasteiger partial charge in [-0.15, -0.1) is 0 Å². The molecule has 1 heterocycles. The van der Waals surface area contributed by atoms with Gasteiger partial charge >= 0.3 is 44.2 Å². The SMILES string of the molecule is N[C]1=CC=[CH][Ga]1. The van der Waals surface area contributed by atoms with Crippen molar-refractivity contribution in [3.8, 4) is 0 Å². The maximum absolute atomic E-state index is 5.40. The van der Waals surface area contributed by atoms with Gasteiger partial charge in [-0.25, -0.2) is 0 Å². The molecule has 0 bridgehead atoms. The zero-order chi connectivity index (χ0) is 4.41. The van der Waals surface area contributed by atoms with E-state index in [0.29, 0.717) is 0 Å². The van der Waals surface area contributed by atoms with E-state index in [9.17, 15) is 0 Å². The number of nitrogens with two attached hydrogens (primary N) is 1. The molecule has 0 saturated heterocycles. The predicted molar refractivity (Wildman–Crippen MR) is 27.2 cm³/mol. The van der Waals surface area contributed by atoms with Gasteiger partial charge in [0, 0.05) is 0 Å². The van der Waals surface area contributed by atoms with Crippen LogP contribution >= 0.6 is 0 Å². The Balaban J connectivity index is 2.61. The van der Waals surface area contributed by atoms with Crippen molar-refractivity contribution in [2.75, 3.05) is 0 Å². The first-order valence-electron chi connectivity index (χ1n) is 1.87. The quantitative estimate of drug-likeness (QED) is 0.467. The molecule has 0 aliphatic carbocycles. The summed E-state index contributed by atoms with van der Waals surface area (Å²) in [5.74, 6) is 0. The fourth-order valence-electron chi connectivity index (χ4n) is 0.389. The van der Waals surface area contributed by atoms with Crippen LogP contribution in [0.4, 0.5) is 0 Å². The molecule has 0 unspecified atom stereocenters. The summed E-state index contributed by atoms with van der Waals surface area (Å²) >= 11 is -0.201. The third-order valence-electron chi connectivity index (χ3n) is 0.688. The number of rotatable bonds is 0. The predicted octanol–water partition coefficient (Wildman–Crippen LogP) is 0.0180. The van der Waals surface area contributed by atoms with Crippen molar-refractivity contribution in [2.24, 2.45) is 5.73 Å². The normalized spacial score (nSPS) is 17.0. The van der Waals surface area contributed by atoms with Crippen LogP contribution in [0.15, 0.2) is 21.0 Å². The van der Waals surface area contributed by atoms with E-state index in [0.717, 1.165) is 4.25 Å². The molecular weight excluding hydrogens is 132 g/mol. The van der Waals surface area contributed by atoms with Gasteiger partial charge < -0.3 is 0 Å². The molecule has 1 aliphatic rings. The van der Waals surface area contributed by atoms with Crippen molar-refractivity contribution in [2.45, 2.75) is 0 Å². The van der Waals surface area contributed by atoms with Gasteiger partial charge in [0.25, 0.3) is 0 Å². The Labute approximate surface area is 44.7 Å². The first-order chi connectivity index (χ1) is 2.89. The third-order valence-corrected chi connectivity index (χ3v) is 2.77. The summed E-state index contributed by atoms with van der Waals surface area (Å²) in [7, 11) is 0. The molecule has 0 fully saturated rings. The van der Waals surface area contributed by atoms with Gasteiger partial charge in [-0.2, -0.15) is 0 Å². The summed E-state index contributed by atoms with van der Waals surface area (Å²) in [6.45, 7) is 0. The van der Waals surface area contributed by atoms with Crippen LogP contribution in [-0.2, 0) is 0 Å². The molecule has 1 aliphatic heterocycles. The van der Waals surface area contributed by atoms with Crippen LogP contribution in [0.2, 0.25) is 0 Å². The Bertz CT molecular complexity index is 104. The molecule has 6 heavy (non-hydrogen) atoms. The monoisotopic (exact) mass is 136 g/mol. The average molecular weight is 137 g/mol. The topological polar surface area (TPSA) is 26.0 Å². The summed E-state index contributed by atoms with van der Waals surface area (Å²) in [4.78, 5) is 0. The second kappa shape index (κ2) is 1.58. The van der Waals surface area contributed by atoms with Crippen LogP contribution in [0.3, 0.4) is 0 Å². The van der Waals surface area contributed by atoms with Gasteiger partial charge in [0.2, 0.25) is 0 Å². The van der Waals surface area contributed by atoms with Crippen molar-refractivity contribution < 1.29 is 0 Å². The number of hydrogen-bond acceptors (Lipinski definition) is 1. The summed E-state index contributed by atoms with van der Waals surface area (Å²) < 4.78 is 3.32. The Morgan fingerprint density at radius 2 is 2.50 bits per heavy atom. The van der Waals surface area contributed by atoms with E-state index in [4.69, 9.17) is 5.73 Å². The average Bonchev–Trinajstić information content (AvgIpc) is 1.86. The van der Waals surface area contributed by atoms with E-state index >= 15 is 0 Å². The standard InChI is InChI=1S/C4H5N.Ga/c1-2-3-4-5;/h1-3H,5H2;. The number of hydrogen-bond donors (Lipinski definition) is 1. The van der Waals surface area contributed by atoms with Crippen molar-refractivity contribution in [1.29, 1.82) is 0 Å². The summed E-state index contributed by atoms with van der Waals surface area (Å²) in [5.41, 5.74) is 5.40. The molecule has 0 atom stereocenters. The van der Waals surface area contributed by atoms with Crippen molar-refractivity contribution >= 4 is 17.4 Å². The molecule has 29 valence electrons. The Morgan fingerprint density at radius 3 is 2.67 bits per heavy atom. The molecule has 0 amide bonds. The zero-order valence-electron chi connectivity index (χ0n) is 3.39. The zero-order valence-corrected chi connectivity index (χ0v) is 5.81. The molecular formula is C4H5GaN. The fourth-order valence-corrected chi connectivity index (χ4v) is 1.79. The first-order valence-corrected chi connectivity index (χ1v) is 4.48. The molecule has 2 N–H and O–H groups in total. The van der Waals surface area contributed by atoms with Crippen LogP contribution < -0.4 is 5.73 Å². The van der Waals surface area contributed by atoms with E-state index in [2.05, 4.69) is 4.63 Å². The Morgan fingerprint density at radius 1 is 1.67 bits per heavy atom. The van der Waals surface area contributed by atoms with E-state index in [1.54, 1.807) is 0 Å². The molecule has 0 aromatic heterocycles. The summed E-state index contributed by atoms with van der Waals surface area (Å²) in [5, 5.41) is 0. The molecule has 2 heteroatoms. The third kappa shape index (κ3) is 0.696. The molecule has 0 saturated carbocycles. The Kier molecular flexibility index (Phi) is 1.07. The minimum atomic E-state index is -0.201. The van der Waals surface area contributed by atoms with E-state index in [-0.39, 0.29) is 17.4 Å². The van der Waals surface area contributed by atoms with Gasteiger partial charge in [-0.05, 0) is 0 Å². The van der Waals surface area contributed by atoms with Crippen LogP contribution in [-0.4, -0.2) is 17.4 Å². The van der Waals surface area contributed by atoms with Crippen LogP contribution in [0, 0.1) is 0 Å². The van der Waals surface area contributed by atoms with E-state index < -0.39 is 0 Å². The molecule has 0 spiro atoms. The maximum atomic E-state index is 5.40. The number of allylic oxidation sites excluding steroid dienone is 2. The van der Waals surface area contributed by atoms with Gasteiger partial charge in [-0.3, -0.25) is 0 Å². The second-order valence-corrected chi connectivity index (χ2v) is 4.12. The van der Waals surface area contributed by atoms with Gasteiger partial charge in [0.15, 0.2) is 0 Å². The van der Waals surface area contributed by atoms with Crippen LogP contribution in [0.25, 0.3) is 0 Å². The van der Waals surface area contributed by atoms with Crippen molar-refractivity contribution in [3.05, 3.63) is 21.0 Å². The van der Waals surface area contributed by atoms with E-state index in [1.165, 1.54) is 0 Å². The first kappa shape index (κ1) is 4.09. The van der Waals surface area contributed by atoms with Crippen LogP contribution in [0.1, 0.15) is 0 Å². The Hall–Kier alpha value is -0.0836. The molecule has 1 nitrogen and oxygen atoms in total.